The van der Waals surface area contributed by atoms with Crippen molar-refractivity contribution in [2.75, 3.05) is 5.33 Å². The van der Waals surface area contributed by atoms with E-state index in [2.05, 4.69) is 40.2 Å². The number of hydrogen-bond acceptors (Lipinski definition) is 1. The van der Waals surface area contributed by atoms with Crippen LogP contribution in [0.3, 0.4) is 0 Å². The number of alkyl halides is 1. The quantitative estimate of drug-likeness (QED) is 0.547. The summed E-state index contributed by atoms with van der Waals surface area (Å²) in [6.45, 7) is 0. The van der Waals surface area contributed by atoms with Crippen LogP contribution in [-0.4, -0.2) is 5.33 Å². The molecule has 0 saturated carbocycles. The molecule has 0 aliphatic heterocycles. The van der Waals surface area contributed by atoms with Crippen molar-refractivity contribution >= 4 is 22.0 Å². The van der Waals surface area contributed by atoms with Crippen LogP contribution in [0.25, 0.3) is 17.2 Å². The summed E-state index contributed by atoms with van der Waals surface area (Å²) >= 11 is 3.44. The number of halogens is 1. The first-order chi connectivity index (χ1) is 9.36. The van der Waals surface area contributed by atoms with Gasteiger partial charge in [0, 0.05) is 10.9 Å². The fraction of sp³-hybridized carbons (Fsp3) is 0.235. The van der Waals surface area contributed by atoms with Crippen LogP contribution in [0.5, 0.6) is 0 Å². The van der Waals surface area contributed by atoms with Gasteiger partial charge in [0.25, 0.3) is 0 Å². The average molecular weight is 314 g/mol. The SMILES string of the molecule is N#Cc1cc(/C=C/CCCCBr)c2cccccc1-2. The molecule has 0 atom stereocenters. The van der Waals surface area contributed by atoms with E-state index < -0.39 is 0 Å². The molecule has 0 fully saturated rings. The van der Waals surface area contributed by atoms with E-state index in [0.717, 1.165) is 34.0 Å². The predicted molar refractivity (Wildman–Crippen MR) is 84.5 cm³/mol. The lowest BCUT2D eigenvalue weighted by molar-refractivity contribution is 0.829. The van der Waals surface area contributed by atoms with Crippen LogP contribution >= 0.6 is 15.9 Å². The highest BCUT2D eigenvalue weighted by molar-refractivity contribution is 9.09. The van der Waals surface area contributed by atoms with E-state index in [0.29, 0.717) is 0 Å². The van der Waals surface area contributed by atoms with E-state index in [-0.39, 0.29) is 0 Å². The summed E-state index contributed by atoms with van der Waals surface area (Å²) < 4.78 is 0. The molecule has 0 heterocycles. The second-order valence-corrected chi connectivity index (χ2v) is 5.24. The zero-order chi connectivity index (χ0) is 13.5. The molecule has 0 aromatic rings. The highest BCUT2D eigenvalue weighted by atomic mass is 79.9. The molecule has 0 aromatic heterocycles. The van der Waals surface area contributed by atoms with Crippen LogP contribution in [0.1, 0.15) is 30.4 Å². The molecular formula is C17H16BrN. The average Bonchev–Trinajstić information content (AvgIpc) is 2.62. The van der Waals surface area contributed by atoms with Gasteiger partial charge >= 0.3 is 0 Å². The topological polar surface area (TPSA) is 23.8 Å². The minimum atomic E-state index is 0.756. The molecular weight excluding hydrogens is 298 g/mol. The Bertz CT molecular complexity index is 580. The molecule has 0 amide bonds. The third-order valence-electron chi connectivity index (χ3n) is 3.11. The molecule has 2 aliphatic carbocycles. The lowest BCUT2D eigenvalue weighted by Crippen LogP contribution is -1.75. The van der Waals surface area contributed by atoms with Crippen LogP contribution in [0.2, 0.25) is 0 Å². The number of hydrogen-bond donors (Lipinski definition) is 0. The van der Waals surface area contributed by atoms with Gasteiger partial charge in [-0.05, 0) is 36.5 Å². The Morgan fingerprint density at radius 1 is 1.11 bits per heavy atom. The molecule has 0 aromatic carbocycles. The number of unbranched alkanes of at least 4 members (excludes halogenated alkanes) is 2. The van der Waals surface area contributed by atoms with E-state index in [4.69, 9.17) is 0 Å². The number of nitrogens with zero attached hydrogens (tertiary/aromatic N) is 1. The Morgan fingerprint density at radius 2 is 1.89 bits per heavy atom. The summed E-state index contributed by atoms with van der Waals surface area (Å²) in [5.41, 5.74) is 4.08. The van der Waals surface area contributed by atoms with Crippen LogP contribution in [0.15, 0.2) is 42.5 Å². The van der Waals surface area contributed by atoms with Gasteiger partial charge in [0.05, 0.1) is 11.6 Å². The second-order valence-electron chi connectivity index (χ2n) is 4.45. The van der Waals surface area contributed by atoms with Crippen molar-refractivity contribution in [3.63, 3.8) is 0 Å². The maximum absolute atomic E-state index is 9.19. The van der Waals surface area contributed by atoms with Gasteiger partial charge in [0.15, 0.2) is 0 Å². The highest BCUT2D eigenvalue weighted by Gasteiger charge is 2.11. The van der Waals surface area contributed by atoms with E-state index in [1.54, 1.807) is 0 Å². The van der Waals surface area contributed by atoms with E-state index in [1.165, 1.54) is 12.8 Å². The third-order valence-corrected chi connectivity index (χ3v) is 3.67. The Labute approximate surface area is 123 Å². The van der Waals surface area contributed by atoms with Crippen molar-refractivity contribution < 1.29 is 0 Å². The van der Waals surface area contributed by atoms with Crippen molar-refractivity contribution in [3.8, 4) is 17.2 Å². The van der Waals surface area contributed by atoms with Crippen molar-refractivity contribution in [1.82, 2.24) is 0 Å². The molecule has 0 N–H and O–H groups in total. The molecule has 96 valence electrons. The van der Waals surface area contributed by atoms with E-state index >= 15 is 0 Å². The fourth-order valence-corrected chi connectivity index (χ4v) is 2.54. The Kier molecular flexibility index (Phi) is 5.18. The minimum Gasteiger partial charge on any atom is -0.192 e. The van der Waals surface area contributed by atoms with Gasteiger partial charge in [-0.1, -0.05) is 58.4 Å². The molecule has 2 heteroatoms. The first kappa shape index (κ1) is 13.8. The van der Waals surface area contributed by atoms with Crippen molar-refractivity contribution in [2.24, 2.45) is 0 Å². The van der Waals surface area contributed by atoms with E-state index in [1.807, 2.05) is 30.3 Å². The molecule has 0 unspecified atom stereocenters. The molecule has 0 bridgehead atoms. The highest BCUT2D eigenvalue weighted by Crippen LogP contribution is 2.32. The van der Waals surface area contributed by atoms with Crippen LogP contribution < -0.4 is 0 Å². The van der Waals surface area contributed by atoms with Gasteiger partial charge in [-0.15, -0.1) is 0 Å². The molecule has 2 rings (SSSR count). The molecule has 0 saturated heterocycles. The Balaban J connectivity index is 2.23. The first-order valence-corrected chi connectivity index (χ1v) is 7.63. The van der Waals surface area contributed by atoms with Gasteiger partial charge in [0.2, 0.25) is 0 Å². The zero-order valence-corrected chi connectivity index (χ0v) is 12.4. The largest absolute Gasteiger partial charge is 0.192 e. The smallest absolute Gasteiger partial charge is 0.0998 e. The third kappa shape index (κ3) is 3.45. The van der Waals surface area contributed by atoms with Crippen molar-refractivity contribution in [3.05, 3.63) is 53.6 Å². The predicted octanol–water partition coefficient (Wildman–Crippen LogP) is 5.24. The van der Waals surface area contributed by atoms with Crippen LogP contribution in [0.4, 0.5) is 0 Å². The summed E-state index contributed by atoms with van der Waals surface area (Å²) in [7, 11) is 0. The lowest BCUT2D eigenvalue weighted by atomic mass is 10.1. The molecule has 0 spiro atoms. The van der Waals surface area contributed by atoms with Crippen molar-refractivity contribution in [2.45, 2.75) is 19.3 Å². The summed E-state index contributed by atoms with van der Waals surface area (Å²) in [6, 6.07) is 14.3. The van der Waals surface area contributed by atoms with Gasteiger partial charge in [0.1, 0.15) is 0 Å². The maximum Gasteiger partial charge on any atom is 0.0998 e. The number of allylic oxidation sites excluding steroid dienone is 1. The number of fused-ring (bicyclic) bond motifs is 1. The van der Waals surface area contributed by atoms with Gasteiger partial charge in [-0.25, -0.2) is 0 Å². The summed E-state index contributed by atoms with van der Waals surface area (Å²) in [4.78, 5) is 0. The minimum absolute atomic E-state index is 0.756. The fourth-order valence-electron chi connectivity index (χ4n) is 2.14. The van der Waals surface area contributed by atoms with Crippen LogP contribution in [0, 0.1) is 11.3 Å². The van der Waals surface area contributed by atoms with Gasteiger partial charge in [-0.3, -0.25) is 0 Å². The Morgan fingerprint density at radius 3 is 2.63 bits per heavy atom. The van der Waals surface area contributed by atoms with Gasteiger partial charge in [-0.2, -0.15) is 5.26 Å². The summed E-state index contributed by atoms with van der Waals surface area (Å²) in [5.74, 6) is 0. The second kappa shape index (κ2) is 7.11. The Hall–Kier alpha value is -1.59. The molecule has 19 heavy (non-hydrogen) atoms. The van der Waals surface area contributed by atoms with Crippen molar-refractivity contribution in [1.29, 1.82) is 5.26 Å². The van der Waals surface area contributed by atoms with Gasteiger partial charge < -0.3 is 0 Å². The van der Waals surface area contributed by atoms with E-state index in [9.17, 15) is 5.26 Å². The molecule has 1 nitrogen and oxygen atoms in total. The standard InChI is InChI=1S/C17H16BrN/c18-11-7-2-1-4-8-14-12-15(13-19)17-10-6-3-5-9-16(14)17/h3-6,8-10,12H,1-2,7,11H2/b8-4+. The lowest BCUT2D eigenvalue weighted by Gasteiger charge is -1.96. The number of rotatable bonds is 5. The maximum atomic E-state index is 9.19. The number of nitriles is 1. The normalized spacial score (nSPS) is 10.9. The summed E-state index contributed by atoms with van der Waals surface area (Å²) in [5, 5.41) is 10.3. The zero-order valence-electron chi connectivity index (χ0n) is 10.8. The molecule has 2 aliphatic rings. The first-order valence-electron chi connectivity index (χ1n) is 6.51. The van der Waals surface area contributed by atoms with Crippen LogP contribution in [-0.2, 0) is 0 Å². The molecule has 0 radical (unpaired) electrons. The monoisotopic (exact) mass is 313 g/mol. The summed E-state index contributed by atoms with van der Waals surface area (Å²) in [6.07, 6.45) is 7.81.